The fraction of sp³-hybridized carbons (Fsp3) is 0.789. The zero-order valence-corrected chi connectivity index (χ0v) is 28.7. The summed E-state index contributed by atoms with van der Waals surface area (Å²) in [4.78, 5) is 20.6. The summed E-state index contributed by atoms with van der Waals surface area (Å²) in [6.45, 7) is 4.52. The van der Waals surface area contributed by atoms with Crippen LogP contribution in [0.25, 0.3) is 0 Å². The van der Waals surface area contributed by atoms with Gasteiger partial charge in [0.15, 0.2) is 0 Å². The van der Waals surface area contributed by atoms with E-state index in [1.807, 2.05) is 0 Å². The Labute approximate surface area is 271 Å². The van der Waals surface area contributed by atoms with E-state index in [-0.39, 0.29) is 11.5 Å². The van der Waals surface area contributed by atoms with Gasteiger partial charge >= 0.3 is 11.9 Å². The molecule has 0 bridgehead atoms. The Bertz CT molecular complexity index is 679. The minimum absolute atomic E-state index is 0.0880. The molecule has 0 amide bonds. The molecule has 44 heavy (non-hydrogen) atoms. The van der Waals surface area contributed by atoms with Crippen LogP contribution in [0.15, 0.2) is 24.3 Å². The number of carbonyl (C=O) groups is 2. The van der Waals surface area contributed by atoms with Gasteiger partial charge in [0.05, 0.1) is 0 Å². The van der Waals surface area contributed by atoms with Crippen LogP contribution in [0, 0.1) is 0 Å². The first-order chi connectivity index (χ1) is 21.3. The topological polar surface area (TPSA) is 115 Å². The molecule has 1 aromatic carbocycles. The highest BCUT2D eigenvalue weighted by Crippen LogP contribution is 2.15. The van der Waals surface area contributed by atoms with Crippen LogP contribution in [0.4, 0.5) is 0 Å². The Morgan fingerprint density at radius 3 is 0.841 bits per heavy atom. The summed E-state index contributed by atoms with van der Waals surface area (Å²) in [5.74, 6) is -1.13. The molecule has 0 fully saturated rings. The molecule has 258 valence electrons. The van der Waals surface area contributed by atoms with Crippen LogP contribution in [-0.2, 0) is 9.59 Å². The number of phenols is 2. The first-order valence-corrected chi connectivity index (χ1v) is 18.2. The van der Waals surface area contributed by atoms with E-state index in [1.165, 1.54) is 159 Å². The Morgan fingerprint density at radius 2 is 0.659 bits per heavy atom. The zero-order chi connectivity index (χ0) is 32.9. The third kappa shape index (κ3) is 41.9. The molecule has 0 atom stereocenters. The van der Waals surface area contributed by atoms with E-state index in [1.54, 1.807) is 6.07 Å². The van der Waals surface area contributed by atoms with Crippen LogP contribution in [0.2, 0.25) is 0 Å². The number of benzene rings is 1. The van der Waals surface area contributed by atoms with Crippen molar-refractivity contribution in [2.45, 2.75) is 194 Å². The number of rotatable bonds is 28. The molecule has 4 N–H and O–H groups in total. The van der Waals surface area contributed by atoms with E-state index in [0.29, 0.717) is 12.8 Å². The highest BCUT2D eigenvalue weighted by molar-refractivity contribution is 5.66. The third-order valence-electron chi connectivity index (χ3n) is 7.82. The number of aliphatic carboxylic acids is 2. The minimum atomic E-state index is -0.655. The van der Waals surface area contributed by atoms with Gasteiger partial charge in [0.25, 0.3) is 0 Å². The average Bonchev–Trinajstić information content (AvgIpc) is 2.98. The van der Waals surface area contributed by atoms with Gasteiger partial charge in [-0.1, -0.05) is 174 Å². The fourth-order valence-electron chi connectivity index (χ4n) is 5.08. The minimum Gasteiger partial charge on any atom is -0.508 e. The quantitative estimate of drug-likeness (QED) is 0.0691. The van der Waals surface area contributed by atoms with Crippen molar-refractivity contribution in [1.82, 2.24) is 0 Å². The van der Waals surface area contributed by atoms with Crippen molar-refractivity contribution >= 4 is 11.9 Å². The molecular formula is C38H70O6. The van der Waals surface area contributed by atoms with Crippen LogP contribution < -0.4 is 0 Å². The largest absolute Gasteiger partial charge is 0.508 e. The molecule has 0 saturated carbocycles. The molecule has 0 aromatic heterocycles. The molecule has 0 aliphatic rings. The molecule has 6 heteroatoms. The number of aromatic hydroxyl groups is 2. The Kier molecular flexibility index (Phi) is 36.9. The molecular weight excluding hydrogens is 552 g/mol. The smallest absolute Gasteiger partial charge is 0.303 e. The summed E-state index contributed by atoms with van der Waals surface area (Å²) < 4.78 is 0. The maximum atomic E-state index is 10.3. The number of unbranched alkanes of at least 4 members (excludes halogenated alkanes) is 24. The van der Waals surface area contributed by atoms with Crippen LogP contribution in [0.5, 0.6) is 11.5 Å². The van der Waals surface area contributed by atoms with Crippen molar-refractivity contribution < 1.29 is 30.0 Å². The van der Waals surface area contributed by atoms with Gasteiger partial charge in [-0.3, -0.25) is 9.59 Å². The average molecular weight is 623 g/mol. The second-order valence-corrected chi connectivity index (χ2v) is 12.3. The highest BCUT2D eigenvalue weighted by Gasteiger charge is 1.98. The summed E-state index contributed by atoms with van der Waals surface area (Å²) in [5.41, 5.74) is 0. The summed E-state index contributed by atoms with van der Waals surface area (Å²) in [5, 5.41) is 34.3. The summed E-state index contributed by atoms with van der Waals surface area (Å²) >= 11 is 0. The molecule has 0 heterocycles. The Morgan fingerprint density at radius 1 is 0.432 bits per heavy atom. The maximum absolute atomic E-state index is 10.3. The molecule has 0 unspecified atom stereocenters. The zero-order valence-electron chi connectivity index (χ0n) is 28.7. The van der Waals surface area contributed by atoms with Crippen LogP contribution >= 0.6 is 0 Å². The lowest BCUT2D eigenvalue weighted by Crippen LogP contribution is -1.93. The molecule has 0 aliphatic carbocycles. The molecule has 0 aliphatic heterocycles. The lowest BCUT2D eigenvalue weighted by molar-refractivity contribution is -0.138. The molecule has 6 nitrogen and oxygen atoms in total. The third-order valence-corrected chi connectivity index (χ3v) is 7.82. The van der Waals surface area contributed by atoms with E-state index >= 15 is 0 Å². The first-order valence-electron chi connectivity index (χ1n) is 18.2. The monoisotopic (exact) mass is 623 g/mol. The van der Waals surface area contributed by atoms with Gasteiger partial charge in [0.2, 0.25) is 0 Å². The second kappa shape index (κ2) is 36.9. The Balaban J connectivity index is 0. The number of phenolic OH excluding ortho intramolecular Hbond substituents is 2. The van der Waals surface area contributed by atoms with Crippen molar-refractivity contribution in [2.75, 3.05) is 0 Å². The van der Waals surface area contributed by atoms with Crippen molar-refractivity contribution in [1.29, 1.82) is 0 Å². The molecule has 1 rings (SSSR count). The SMILES string of the molecule is CCCCCCCCCCCCCCCC(=O)O.CCCCCCCCCCCCCCCC(=O)O.Oc1cccc(O)c1. The highest BCUT2D eigenvalue weighted by atomic mass is 16.4. The van der Waals surface area contributed by atoms with E-state index in [2.05, 4.69) is 13.8 Å². The lowest BCUT2D eigenvalue weighted by Gasteiger charge is -2.02. The van der Waals surface area contributed by atoms with Gasteiger partial charge in [0.1, 0.15) is 11.5 Å². The maximum Gasteiger partial charge on any atom is 0.303 e. The summed E-state index contributed by atoms with van der Waals surface area (Å²) in [6.07, 6.45) is 34.5. The van der Waals surface area contributed by atoms with Gasteiger partial charge in [-0.05, 0) is 25.0 Å². The molecule has 0 radical (unpaired) electrons. The van der Waals surface area contributed by atoms with Crippen LogP contribution in [0.1, 0.15) is 194 Å². The predicted molar refractivity (Wildman–Crippen MR) is 186 cm³/mol. The van der Waals surface area contributed by atoms with Gasteiger partial charge in [-0.15, -0.1) is 0 Å². The van der Waals surface area contributed by atoms with Gasteiger partial charge in [-0.2, -0.15) is 0 Å². The number of carboxylic acids is 2. The van der Waals surface area contributed by atoms with Gasteiger partial charge in [0, 0.05) is 18.9 Å². The van der Waals surface area contributed by atoms with Crippen molar-refractivity contribution in [3.05, 3.63) is 24.3 Å². The first kappa shape index (κ1) is 43.9. The molecule has 1 aromatic rings. The van der Waals surface area contributed by atoms with Crippen molar-refractivity contribution in [3.8, 4) is 11.5 Å². The fourth-order valence-corrected chi connectivity index (χ4v) is 5.08. The van der Waals surface area contributed by atoms with E-state index in [0.717, 1.165) is 25.7 Å². The molecule has 0 spiro atoms. The van der Waals surface area contributed by atoms with Gasteiger partial charge in [-0.25, -0.2) is 0 Å². The normalized spacial score (nSPS) is 10.4. The number of carboxylic acid groups (broad SMARTS) is 2. The van der Waals surface area contributed by atoms with E-state index in [9.17, 15) is 9.59 Å². The lowest BCUT2D eigenvalue weighted by atomic mass is 10.0. The number of hydrogen-bond donors (Lipinski definition) is 4. The van der Waals surface area contributed by atoms with Crippen molar-refractivity contribution in [2.24, 2.45) is 0 Å². The molecule has 0 saturated heterocycles. The van der Waals surface area contributed by atoms with Crippen LogP contribution in [-0.4, -0.2) is 32.4 Å². The van der Waals surface area contributed by atoms with Crippen molar-refractivity contribution in [3.63, 3.8) is 0 Å². The van der Waals surface area contributed by atoms with Gasteiger partial charge < -0.3 is 20.4 Å². The Hall–Kier alpha value is -2.24. The van der Waals surface area contributed by atoms with Crippen LogP contribution in [0.3, 0.4) is 0 Å². The standard InChI is InChI=1S/2C16H32O2.C6H6O2/c2*1-2-3-4-5-6-7-8-9-10-11-12-13-14-15-16(17)18;7-5-2-1-3-6(8)4-5/h2*2-15H2,1H3,(H,17,18);1-4,7-8H. The van der Waals surface area contributed by atoms with E-state index in [4.69, 9.17) is 20.4 Å². The number of hydrogen-bond acceptors (Lipinski definition) is 4. The van der Waals surface area contributed by atoms with E-state index < -0.39 is 11.9 Å². The summed E-state index contributed by atoms with van der Waals surface area (Å²) in [6, 6.07) is 5.85. The predicted octanol–water partition coefficient (Wildman–Crippen LogP) is 12.2. The second-order valence-electron chi connectivity index (χ2n) is 12.3. The summed E-state index contributed by atoms with van der Waals surface area (Å²) in [7, 11) is 0.